The lowest BCUT2D eigenvalue weighted by molar-refractivity contribution is -0.201. The number of para-hydroxylation sites is 2. The molecule has 4 saturated carbocycles. The van der Waals surface area contributed by atoms with Gasteiger partial charge in [-0.15, -0.1) is 0 Å². The van der Waals surface area contributed by atoms with Gasteiger partial charge in [-0.25, -0.2) is 4.79 Å². The van der Waals surface area contributed by atoms with Crippen molar-refractivity contribution < 1.29 is 24.2 Å². The van der Waals surface area contributed by atoms with E-state index in [0.717, 1.165) is 101 Å². The number of fused-ring (bicyclic) bond motifs is 7. The van der Waals surface area contributed by atoms with Gasteiger partial charge in [0.1, 0.15) is 5.75 Å². The Morgan fingerprint density at radius 1 is 0.827 bits per heavy atom. The zero-order valence-electron chi connectivity index (χ0n) is 33.2. The Balaban J connectivity index is 1.17. The molecule has 4 unspecified atom stereocenters. The lowest BCUT2D eigenvalue weighted by atomic mass is 9.32. The van der Waals surface area contributed by atoms with Crippen molar-refractivity contribution in [2.45, 2.75) is 113 Å². The minimum Gasteiger partial charge on any atom is -0.495 e. The average molecular weight is 713 g/mol. The molecule has 1 heterocycles. The van der Waals surface area contributed by atoms with E-state index in [0.29, 0.717) is 23.7 Å². The number of hydrogen-bond acceptors (Lipinski definition) is 5. The molecule has 0 bridgehead atoms. The topological polar surface area (TPSA) is 87.2 Å². The molecular formula is C45H64N2O5. The third kappa shape index (κ3) is 5.51. The Labute approximate surface area is 312 Å². The summed E-state index contributed by atoms with van der Waals surface area (Å²) in [5.74, 6) is 1.08. The van der Waals surface area contributed by atoms with Crippen molar-refractivity contribution in [3.05, 3.63) is 48.1 Å². The van der Waals surface area contributed by atoms with Crippen LogP contribution in [0.5, 0.6) is 5.75 Å². The maximum atomic E-state index is 14.6. The first kappa shape index (κ1) is 37.2. The zero-order chi connectivity index (χ0) is 37.5. The standard InChI is InChI=1S/C45H64N2O5/c1-40(2)19-17-31(34(48)14-16-38(49)50)45(7)36(40)18-20-44(6)37(45)15-13-30-32-29-42(4,22-21-41(32,3)23-24-43(30,44)5)39(51)47-27-25-46(26-28-47)33-11-9-10-12-35(33)52-8/h9-14,16,31-32,36-37H,15,17-29H2,1-8H3,(H,49,50)/t31?,32-,36?,37?,41+,42?,43+,44+,45-/m0/s1. The number of amides is 1. The summed E-state index contributed by atoms with van der Waals surface area (Å²) < 4.78 is 5.64. The lowest BCUT2D eigenvalue weighted by Gasteiger charge is -2.72. The van der Waals surface area contributed by atoms with Gasteiger partial charge in [-0.3, -0.25) is 9.59 Å². The fourth-order valence-electron chi connectivity index (χ4n) is 13.7. The van der Waals surface area contributed by atoms with Crippen LogP contribution < -0.4 is 9.64 Å². The first-order valence-electron chi connectivity index (χ1n) is 20.3. The summed E-state index contributed by atoms with van der Waals surface area (Å²) >= 11 is 0. The number of piperazine rings is 1. The second-order valence-electron chi connectivity index (χ2n) is 19.7. The SMILES string of the molecule is COc1ccccc1N1CCN(C(=O)C2(C)CC[C@]3(C)CC[C@]4(C)C(=CCC5[C@@]6(C)C(C(=O)C=CC(=O)O)CCC(C)(C)C6CC[C@]54C)[C@@H]3C2)CC1. The first-order valence-corrected chi connectivity index (χ1v) is 20.3. The van der Waals surface area contributed by atoms with Gasteiger partial charge in [-0.2, -0.15) is 0 Å². The molecule has 1 aromatic rings. The molecule has 6 aliphatic rings. The molecule has 1 aromatic carbocycles. The predicted molar refractivity (Wildman–Crippen MR) is 206 cm³/mol. The van der Waals surface area contributed by atoms with E-state index < -0.39 is 11.4 Å². The van der Waals surface area contributed by atoms with Crippen molar-refractivity contribution in [3.8, 4) is 5.75 Å². The van der Waals surface area contributed by atoms with Crippen LogP contribution in [0.3, 0.4) is 0 Å². The van der Waals surface area contributed by atoms with Crippen LogP contribution in [0, 0.1) is 56.2 Å². The fourth-order valence-corrected chi connectivity index (χ4v) is 13.7. The van der Waals surface area contributed by atoms with Crippen LogP contribution in [0.1, 0.15) is 113 Å². The normalized spacial score (nSPS) is 41.2. The number of anilines is 1. The summed E-state index contributed by atoms with van der Waals surface area (Å²) in [4.78, 5) is 44.5. The Morgan fingerprint density at radius 2 is 1.52 bits per heavy atom. The minimum absolute atomic E-state index is 0.00361. The van der Waals surface area contributed by atoms with E-state index in [2.05, 4.69) is 76.5 Å². The molecular weight excluding hydrogens is 649 g/mol. The minimum atomic E-state index is -1.06. The molecule has 5 aliphatic carbocycles. The van der Waals surface area contributed by atoms with Crippen molar-refractivity contribution in [3.63, 3.8) is 0 Å². The maximum absolute atomic E-state index is 14.6. The molecule has 7 heteroatoms. The quantitative estimate of drug-likeness (QED) is 0.234. The van der Waals surface area contributed by atoms with E-state index in [1.54, 1.807) is 12.7 Å². The Morgan fingerprint density at radius 3 is 2.21 bits per heavy atom. The van der Waals surface area contributed by atoms with Crippen LogP contribution in [0.25, 0.3) is 0 Å². The molecule has 284 valence electrons. The number of rotatable bonds is 6. The number of methoxy groups -OCH3 is 1. The number of ether oxygens (including phenoxy) is 1. The molecule has 1 saturated heterocycles. The van der Waals surface area contributed by atoms with E-state index in [9.17, 15) is 19.5 Å². The number of hydrogen-bond donors (Lipinski definition) is 1. The van der Waals surface area contributed by atoms with Gasteiger partial charge in [0, 0.05) is 43.6 Å². The molecule has 0 aromatic heterocycles. The molecule has 1 amide bonds. The van der Waals surface area contributed by atoms with Crippen molar-refractivity contribution >= 4 is 23.3 Å². The number of aliphatic carboxylic acids is 1. The number of carboxylic acids is 1. The number of carboxylic acid groups (broad SMARTS) is 1. The monoisotopic (exact) mass is 712 g/mol. The summed E-state index contributed by atoms with van der Waals surface area (Å²) in [5.41, 5.74) is 2.41. The highest BCUT2D eigenvalue weighted by Crippen LogP contribution is 2.76. The van der Waals surface area contributed by atoms with E-state index >= 15 is 0 Å². The first-order chi connectivity index (χ1) is 24.4. The van der Waals surface area contributed by atoms with Crippen LogP contribution in [0.4, 0.5) is 5.69 Å². The van der Waals surface area contributed by atoms with Crippen molar-refractivity contribution in [1.82, 2.24) is 4.90 Å². The highest BCUT2D eigenvalue weighted by molar-refractivity contribution is 5.97. The second kappa shape index (κ2) is 12.8. The number of ketones is 1. The van der Waals surface area contributed by atoms with Crippen LogP contribution >= 0.6 is 0 Å². The maximum Gasteiger partial charge on any atom is 0.328 e. The largest absolute Gasteiger partial charge is 0.495 e. The molecule has 5 fully saturated rings. The highest BCUT2D eigenvalue weighted by atomic mass is 16.5. The molecule has 1 N–H and O–H groups in total. The van der Waals surface area contributed by atoms with Gasteiger partial charge in [0.2, 0.25) is 5.91 Å². The fraction of sp³-hybridized carbons (Fsp3) is 0.711. The predicted octanol–water partition coefficient (Wildman–Crippen LogP) is 8.97. The Bertz CT molecular complexity index is 1670. The number of allylic oxidation sites excluding steroid dienone is 3. The molecule has 7 nitrogen and oxygen atoms in total. The Kier molecular flexibility index (Phi) is 9.13. The smallest absolute Gasteiger partial charge is 0.328 e. The molecule has 1 aliphatic heterocycles. The Hall–Kier alpha value is -3.09. The molecule has 52 heavy (non-hydrogen) atoms. The number of benzene rings is 1. The highest BCUT2D eigenvalue weighted by Gasteiger charge is 2.69. The zero-order valence-corrected chi connectivity index (χ0v) is 33.2. The van der Waals surface area contributed by atoms with Crippen molar-refractivity contribution in [2.75, 3.05) is 38.2 Å². The molecule has 9 atom stereocenters. The molecule has 0 spiro atoms. The summed E-state index contributed by atoms with van der Waals surface area (Å²) in [7, 11) is 1.72. The van der Waals surface area contributed by atoms with Gasteiger partial charge in [0.05, 0.1) is 12.8 Å². The van der Waals surface area contributed by atoms with E-state index in [-0.39, 0.29) is 38.8 Å². The van der Waals surface area contributed by atoms with Crippen molar-refractivity contribution in [1.29, 1.82) is 0 Å². The third-order valence-corrected chi connectivity index (χ3v) is 17.0. The van der Waals surface area contributed by atoms with Crippen molar-refractivity contribution in [2.24, 2.45) is 56.2 Å². The van der Waals surface area contributed by atoms with Crippen LogP contribution in [0.15, 0.2) is 48.1 Å². The van der Waals surface area contributed by atoms with Gasteiger partial charge in [-0.1, -0.05) is 72.2 Å². The van der Waals surface area contributed by atoms with Gasteiger partial charge in [-0.05, 0) is 127 Å². The van der Waals surface area contributed by atoms with Gasteiger partial charge in [0.25, 0.3) is 0 Å². The summed E-state index contributed by atoms with van der Waals surface area (Å²) in [6.45, 7) is 20.2. The lowest BCUT2D eigenvalue weighted by Crippen LogP contribution is -2.65. The number of nitrogens with zero attached hydrogens (tertiary/aromatic N) is 2. The van der Waals surface area contributed by atoms with Gasteiger partial charge in [0.15, 0.2) is 5.78 Å². The van der Waals surface area contributed by atoms with Crippen LogP contribution in [-0.2, 0) is 14.4 Å². The van der Waals surface area contributed by atoms with Crippen LogP contribution in [0.2, 0.25) is 0 Å². The van der Waals surface area contributed by atoms with Gasteiger partial charge >= 0.3 is 5.97 Å². The number of carbonyl (C=O) groups is 3. The van der Waals surface area contributed by atoms with Crippen LogP contribution in [-0.4, -0.2) is 61.0 Å². The van der Waals surface area contributed by atoms with Gasteiger partial charge < -0.3 is 19.6 Å². The molecule has 7 rings (SSSR count). The van der Waals surface area contributed by atoms with E-state index in [4.69, 9.17) is 4.74 Å². The van der Waals surface area contributed by atoms with E-state index in [1.807, 2.05) is 12.1 Å². The average Bonchev–Trinajstić information content (AvgIpc) is 3.11. The summed E-state index contributed by atoms with van der Waals surface area (Å²) in [6.07, 6.45) is 15.3. The molecule has 0 radical (unpaired) electrons. The number of carbonyl (C=O) groups excluding carboxylic acids is 2. The van der Waals surface area contributed by atoms with E-state index in [1.165, 1.54) is 12.5 Å². The second-order valence-corrected chi connectivity index (χ2v) is 19.7. The summed E-state index contributed by atoms with van der Waals surface area (Å²) in [5, 5.41) is 9.39. The summed E-state index contributed by atoms with van der Waals surface area (Å²) in [6, 6.07) is 8.17. The third-order valence-electron chi connectivity index (χ3n) is 17.0.